The molecule has 1 unspecified atom stereocenters. The molecule has 3 nitrogen and oxygen atoms in total. The minimum absolute atomic E-state index is 0.0206. The van der Waals surface area contributed by atoms with Gasteiger partial charge in [0.05, 0.1) is 10.9 Å². The van der Waals surface area contributed by atoms with Crippen molar-refractivity contribution in [3.05, 3.63) is 17.8 Å². The molecule has 0 spiro atoms. The van der Waals surface area contributed by atoms with Crippen LogP contribution in [0.1, 0.15) is 19.4 Å². The quantitative estimate of drug-likeness (QED) is 0.793. The van der Waals surface area contributed by atoms with Crippen LogP contribution in [0, 0.1) is 12.8 Å². The highest BCUT2D eigenvalue weighted by atomic mass is 32.2. The second-order valence-corrected chi connectivity index (χ2v) is 5.27. The number of thioether (sulfide) groups is 1. The predicted molar refractivity (Wildman–Crippen MR) is 62.1 cm³/mol. The maximum Gasteiger partial charge on any atom is 0.238 e. The van der Waals surface area contributed by atoms with Crippen molar-refractivity contribution in [2.24, 2.45) is 5.92 Å². The summed E-state index contributed by atoms with van der Waals surface area (Å²) in [5.74, 6) is 0.418. The number of nitrogens with one attached hydrogen (secondary N) is 1. The van der Waals surface area contributed by atoms with E-state index < -0.39 is 0 Å². The monoisotopic (exact) mass is 222 g/mol. The molecule has 4 heteroatoms. The van der Waals surface area contributed by atoms with Gasteiger partial charge in [-0.1, -0.05) is 25.6 Å². The lowest BCUT2D eigenvalue weighted by atomic mass is 10.1. The third-order valence-corrected chi connectivity index (χ3v) is 3.91. The number of aromatic nitrogens is 1. The Hall–Kier alpha value is -1.03. The second-order valence-electron chi connectivity index (χ2n) is 4.14. The van der Waals surface area contributed by atoms with E-state index in [9.17, 15) is 4.79 Å². The lowest BCUT2D eigenvalue weighted by Gasteiger charge is -2.25. The second kappa shape index (κ2) is 3.85. The van der Waals surface area contributed by atoms with Gasteiger partial charge in [0.1, 0.15) is 5.03 Å². The van der Waals surface area contributed by atoms with Crippen LogP contribution in [0.15, 0.2) is 17.3 Å². The maximum atomic E-state index is 11.8. The van der Waals surface area contributed by atoms with Crippen LogP contribution in [0.5, 0.6) is 0 Å². The number of carbonyl (C=O) groups is 1. The van der Waals surface area contributed by atoms with E-state index in [0.717, 1.165) is 16.3 Å². The highest BCUT2D eigenvalue weighted by Crippen LogP contribution is 2.36. The highest BCUT2D eigenvalue weighted by molar-refractivity contribution is 8.00. The number of rotatable bonds is 1. The Morgan fingerprint density at radius 1 is 1.53 bits per heavy atom. The number of carbonyl (C=O) groups excluding carboxylic acids is 1. The van der Waals surface area contributed by atoms with Gasteiger partial charge in [-0.3, -0.25) is 4.79 Å². The Bertz CT molecular complexity index is 404. The number of fused-ring (bicyclic) bond motifs is 1. The van der Waals surface area contributed by atoms with E-state index in [2.05, 4.69) is 24.1 Å². The summed E-state index contributed by atoms with van der Waals surface area (Å²) in [6, 6.07) is 1.96. The van der Waals surface area contributed by atoms with Gasteiger partial charge >= 0.3 is 0 Å². The Morgan fingerprint density at radius 3 is 2.93 bits per heavy atom. The fraction of sp³-hybridized carbons (Fsp3) is 0.455. The molecule has 0 aliphatic carbocycles. The zero-order valence-corrected chi connectivity index (χ0v) is 9.89. The van der Waals surface area contributed by atoms with Crippen molar-refractivity contribution < 1.29 is 4.79 Å². The van der Waals surface area contributed by atoms with Gasteiger partial charge in [0, 0.05) is 6.20 Å². The van der Waals surface area contributed by atoms with E-state index in [0.29, 0.717) is 5.92 Å². The summed E-state index contributed by atoms with van der Waals surface area (Å²) in [6.45, 7) is 6.07. The molecule has 1 N–H and O–H groups in total. The molecular formula is C11H14N2OS. The normalized spacial score (nSPS) is 20.0. The van der Waals surface area contributed by atoms with Gasteiger partial charge in [-0.2, -0.15) is 0 Å². The molecule has 0 saturated carbocycles. The molecule has 1 amide bonds. The summed E-state index contributed by atoms with van der Waals surface area (Å²) < 4.78 is 0. The Balaban J connectivity index is 2.34. The van der Waals surface area contributed by atoms with Gasteiger partial charge in [-0.15, -0.1) is 0 Å². The largest absolute Gasteiger partial charge is 0.323 e. The molecule has 0 saturated heterocycles. The van der Waals surface area contributed by atoms with Crippen molar-refractivity contribution >= 4 is 23.4 Å². The summed E-state index contributed by atoms with van der Waals surface area (Å²) >= 11 is 1.56. The highest BCUT2D eigenvalue weighted by Gasteiger charge is 2.30. The average molecular weight is 222 g/mol. The fourth-order valence-corrected chi connectivity index (χ4v) is 2.59. The van der Waals surface area contributed by atoms with Crippen LogP contribution in [-0.2, 0) is 4.79 Å². The van der Waals surface area contributed by atoms with Gasteiger partial charge in [0.25, 0.3) is 0 Å². The number of hydrogen-bond donors (Lipinski definition) is 1. The van der Waals surface area contributed by atoms with Crippen molar-refractivity contribution in [3.63, 3.8) is 0 Å². The van der Waals surface area contributed by atoms with E-state index >= 15 is 0 Å². The Kier molecular flexibility index (Phi) is 2.69. The average Bonchev–Trinajstić information content (AvgIpc) is 2.15. The molecule has 1 aliphatic heterocycles. The number of pyridine rings is 1. The van der Waals surface area contributed by atoms with Gasteiger partial charge in [0.15, 0.2) is 0 Å². The zero-order chi connectivity index (χ0) is 11.0. The molecule has 2 heterocycles. The van der Waals surface area contributed by atoms with Crippen LogP contribution < -0.4 is 5.32 Å². The fourth-order valence-electron chi connectivity index (χ4n) is 1.56. The summed E-state index contributed by atoms with van der Waals surface area (Å²) in [6.07, 6.45) is 1.83. The van der Waals surface area contributed by atoms with Crippen LogP contribution >= 0.6 is 11.8 Å². The molecule has 0 radical (unpaired) electrons. The number of aryl methyl sites for hydroxylation is 1. The van der Waals surface area contributed by atoms with E-state index in [4.69, 9.17) is 0 Å². The van der Waals surface area contributed by atoms with Crippen molar-refractivity contribution in [2.75, 3.05) is 5.32 Å². The lowest BCUT2D eigenvalue weighted by molar-refractivity contribution is -0.116. The van der Waals surface area contributed by atoms with Crippen LogP contribution in [0.25, 0.3) is 0 Å². The van der Waals surface area contributed by atoms with Gasteiger partial charge in [-0.05, 0) is 24.5 Å². The third-order valence-electron chi connectivity index (χ3n) is 2.35. The van der Waals surface area contributed by atoms with Crippen LogP contribution in [0.3, 0.4) is 0 Å². The number of nitrogens with zero attached hydrogens (tertiary/aromatic N) is 1. The lowest BCUT2D eigenvalue weighted by Crippen LogP contribution is -2.33. The minimum Gasteiger partial charge on any atom is -0.323 e. The maximum absolute atomic E-state index is 11.8. The Labute approximate surface area is 93.7 Å². The molecule has 0 fully saturated rings. The van der Waals surface area contributed by atoms with Crippen molar-refractivity contribution in [1.82, 2.24) is 4.98 Å². The number of amides is 1. The number of hydrogen-bond acceptors (Lipinski definition) is 3. The Morgan fingerprint density at radius 2 is 2.27 bits per heavy atom. The predicted octanol–water partition coefficient (Wildman–Crippen LogP) is 2.46. The smallest absolute Gasteiger partial charge is 0.238 e. The van der Waals surface area contributed by atoms with Crippen LogP contribution in [0.4, 0.5) is 5.69 Å². The topological polar surface area (TPSA) is 42.0 Å². The van der Waals surface area contributed by atoms with E-state index in [1.807, 2.05) is 19.2 Å². The molecule has 15 heavy (non-hydrogen) atoms. The van der Waals surface area contributed by atoms with Crippen LogP contribution in [0.2, 0.25) is 0 Å². The molecule has 0 aromatic carbocycles. The SMILES string of the molecule is Cc1cnc2c(c1)NC(=O)C(C(C)C)S2. The van der Waals surface area contributed by atoms with Crippen molar-refractivity contribution in [3.8, 4) is 0 Å². The van der Waals surface area contributed by atoms with Gasteiger partial charge < -0.3 is 5.32 Å². The molecule has 0 bridgehead atoms. The van der Waals surface area contributed by atoms with Gasteiger partial charge in [-0.25, -0.2) is 4.98 Å². The molecule has 1 aromatic rings. The first-order valence-electron chi connectivity index (χ1n) is 5.02. The summed E-state index contributed by atoms with van der Waals surface area (Å²) in [4.78, 5) is 16.1. The van der Waals surface area contributed by atoms with E-state index in [-0.39, 0.29) is 11.2 Å². The molecule has 1 aliphatic rings. The molecule has 80 valence electrons. The minimum atomic E-state index is -0.0206. The van der Waals surface area contributed by atoms with Crippen LogP contribution in [-0.4, -0.2) is 16.1 Å². The molecule has 1 aromatic heterocycles. The van der Waals surface area contributed by atoms with Gasteiger partial charge in [0.2, 0.25) is 5.91 Å². The molecule has 1 atom stereocenters. The first-order valence-corrected chi connectivity index (χ1v) is 5.90. The first-order chi connectivity index (χ1) is 7.08. The van der Waals surface area contributed by atoms with Crippen molar-refractivity contribution in [1.29, 1.82) is 0 Å². The van der Waals surface area contributed by atoms with Crippen molar-refractivity contribution in [2.45, 2.75) is 31.0 Å². The zero-order valence-electron chi connectivity index (χ0n) is 9.07. The summed E-state index contributed by atoms with van der Waals surface area (Å²) in [7, 11) is 0. The first kappa shape index (κ1) is 10.5. The molecule has 2 rings (SSSR count). The standard InChI is InChI=1S/C11H14N2OS/c1-6(2)9-10(14)13-8-4-7(3)5-12-11(8)15-9/h4-6,9H,1-3H3,(H,13,14). The van der Waals surface area contributed by atoms with E-state index in [1.165, 1.54) is 0 Å². The summed E-state index contributed by atoms with van der Waals surface area (Å²) in [5.41, 5.74) is 1.92. The summed E-state index contributed by atoms with van der Waals surface area (Å²) in [5, 5.41) is 3.82. The molecular weight excluding hydrogens is 208 g/mol. The van der Waals surface area contributed by atoms with E-state index in [1.54, 1.807) is 11.8 Å². The third kappa shape index (κ3) is 2.00. The number of anilines is 1.